The van der Waals surface area contributed by atoms with Gasteiger partial charge in [0.2, 0.25) is 0 Å². The van der Waals surface area contributed by atoms with Gasteiger partial charge in [0.05, 0.1) is 11.0 Å². The number of rotatable bonds is 4. The molecule has 3 rings (SSSR count). The smallest absolute Gasteiger partial charge is 0.178 e. The summed E-state index contributed by atoms with van der Waals surface area (Å²) in [7, 11) is 0. The minimum atomic E-state index is 0.531. The van der Waals surface area contributed by atoms with Crippen molar-refractivity contribution in [3.63, 3.8) is 0 Å². The Kier molecular flexibility index (Phi) is 3.93. The number of benzene rings is 2. The molecule has 0 radical (unpaired) electrons. The van der Waals surface area contributed by atoms with Crippen LogP contribution in [-0.4, -0.2) is 9.55 Å². The van der Waals surface area contributed by atoms with Gasteiger partial charge in [-0.05, 0) is 54.7 Å². The molecule has 0 aliphatic rings. The van der Waals surface area contributed by atoms with E-state index < -0.39 is 0 Å². The van der Waals surface area contributed by atoms with Crippen molar-refractivity contribution in [3.05, 3.63) is 64.4 Å². The molecular weight excluding hydrogens is 276 g/mol. The van der Waals surface area contributed by atoms with Crippen LogP contribution in [0.15, 0.2) is 48.5 Å². The Morgan fingerprint density at radius 2 is 1.90 bits per heavy atom. The van der Waals surface area contributed by atoms with Gasteiger partial charge in [0.15, 0.2) is 4.77 Å². The summed E-state index contributed by atoms with van der Waals surface area (Å²) < 4.78 is 3.03. The van der Waals surface area contributed by atoms with Gasteiger partial charge in [-0.2, -0.15) is 0 Å². The number of aryl methyl sites for hydroxylation is 2. The first-order valence-electron chi connectivity index (χ1n) is 7.39. The summed E-state index contributed by atoms with van der Waals surface area (Å²) in [5, 5.41) is 0. The predicted octanol–water partition coefficient (Wildman–Crippen LogP) is 5.20. The third-order valence-electron chi connectivity index (χ3n) is 4.08. The zero-order chi connectivity index (χ0) is 14.8. The molecule has 21 heavy (non-hydrogen) atoms. The first-order valence-corrected chi connectivity index (χ1v) is 7.80. The molecule has 2 nitrogen and oxygen atoms in total. The Balaban J connectivity index is 1.82. The van der Waals surface area contributed by atoms with Crippen molar-refractivity contribution in [1.82, 2.24) is 9.55 Å². The van der Waals surface area contributed by atoms with Crippen molar-refractivity contribution in [1.29, 1.82) is 0 Å². The number of aromatic nitrogens is 2. The van der Waals surface area contributed by atoms with Crippen LogP contribution >= 0.6 is 12.2 Å². The summed E-state index contributed by atoms with van der Waals surface area (Å²) in [4.78, 5) is 3.31. The quantitative estimate of drug-likeness (QED) is 0.656. The Morgan fingerprint density at radius 3 is 2.67 bits per heavy atom. The lowest BCUT2D eigenvalue weighted by atomic mass is 9.98. The summed E-state index contributed by atoms with van der Waals surface area (Å²) in [5.74, 6) is 0.531. The lowest BCUT2D eigenvalue weighted by molar-refractivity contribution is 0.581. The highest BCUT2D eigenvalue weighted by Gasteiger charge is 2.08. The Morgan fingerprint density at radius 1 is 1.14 bits per heavy atom. The lowest BCUT2D eigenvalue weighted by Crippen LogP contribution is -2.03. The normalized spacial score (nSPS) is 12.7. The fourth-order valence-corrected chi connectivity index (χ4v) is 3.07. The lowest BCUT2D eigenvalue weighted by Gasteiger charge is -2.12. The van der Waals surface area contributed by atoms with E-state index in [1.54, 1.807) is 0 Å². The minimum Gasteiger partial charge on any atom is -0.331 e. The van der Waals surface area contributed by atoms with Gasteiger partial charge in [0.1, 0.15) is 0 Å². The minimum absolute atomic E-state index is 0.531. The third kappa shape index (κ3) is 2.93. The number of nitrogens with zero attached hydrogens (tertiary/aromatic N) is 1. The summed E-state index contributed by atoms with van der Waals surface area (Å²) in [6, 6.07) is 17.1. The van der Waals surface area contributed by atoms with E-state index in [4.69, 9.17) is 12.2 Å². The molecule has 1 heterocycles. The van der Waals surface area contributed by atoms with Crippen LogP contribution in [0.1, 0.15) is 30.4 Å². The van der Waals surface area contributed by atoms with E-state index in [0.29, 0.717) is 5.92 Å². The van der Waals surface area contributed by atoms with Gasteiger partial charge in [-0.3, -0.25) is 0 Å². The SMILES string of the molecule is Cc1ccc2c(c1)[nH]c(=S)n2CCC(C)c1ccccc1. The van der Waals surface area contributed by atoms with Crippen molar-refractivity contribution in [2.75, 3.05) is 0 Å². The molecule has 1 aromatic heterocycles. The van der Waals surface area contributed by atoms with Crippen LogP contribution in [0.2, 0.25) is 0 Å². The number of aromatic amines is 1. The molecule has 108 valence electrons. The van der Waals surface area contributed by atoms with Crippen LogP contribution in [0.5, 0.6) is 0 Å². The molecule has 0 saturated heterocycles. The Bertz CT molecular complexity index is 799. The standard InChI is InChI=1S/C18H20N2S/c1-13-8-9-17-16(12-13)19-18(21)20(17)11-10-14(2)15-6-4-3-5-7-15/h3-9,12,14H,10-11H2,1-2H3,(H,19,21). The van der Waals surface area contributed by atoms with Crippen LogP contribution in [0.3, 0.4) is 0 Å². The second-order valence-electron chi connectivity index (χ2n) is 5.70. The summed E-state index contributed by atoms with van der Waals surface area (Å²) in [5.41, 5.74) is 4.97. The number of fused-ring (bicyclic) bond motifs is 1. The molecule has 3 heteroatoms. The molecule has 0 fully saturated rings. The largest absolute Gasteiger partial charge is 0.331 e. The summed E-state index contributed by atoms with van der Waals surface area (Å²) >= 11 is 5.47. The van der Waals surface area contributed by atoms with E-state index in [9.17, 15) is 0 Å². The van der Waals surface area contributed by atoms with Crippen LogP contribution in [-0.2, 0) is 6.54 Å². The van der Waals surface area contributed by atoms with E-state index in [-0.39, 0.29) is 0 Å². The van der Waals surface area contributed by atoms with Crippen molar-refractivity contribution < 1.29 is 0 Å². The van der Waals surface area contributed by atoms with Gasteiger partial charge in [0, 0.05) is 6.54 Å². The molecule has 2 aromatic carbocycles. The monoisotopic (exact) mass is 296 g/mol. The highest BCUT2D eigenvalue weighted by Crippen LogP contribution is 2.22. The first kappa shape index (κ1) is 14.1. The highest BCUT2D eigenvalue weighted by atomic mass is 32.1. The van der Waals surface area contributed by atoms with Crippen molar-refractivity contribution in [2.24, 2.45) is 0 Å². The maximum Gasteiger partial charge on any atom is 0.178 e. The van der Waals surface area contributed by atoms with Crippen molar-refractivity contribution in [2.45, 2.75) is 32.7 Å². The second-order valence-corrected chi connectivity index (χ2v) is 6.09. The molecule has 3 aromatic rings. The van der Waals surface area contributed by atoms with Crippen LogP contribution in [0.25, 0.3) is 11.0 Å². The molecule has 1 unspecified atom stereocenters. The number of hydrogen-bond acceptors (Lipinski definition) is 1. The number of hydrogen-bond donors (Lipinski definition) is 1. The molecule has 0 spiro atoms. The topological polar surface area (TPSA) is 20.7 Å². The Labute approximate surface area is 130 Å². The fraction of sp³-hybridized carbons (Fsp3) is 0.278. The van der Waals surface area contributed by atoms with Gasteiger partial charge in [-0.25, -0.2) is 0 Å². The molecule has 0 aliphatic carbocycles. The van der Waals surface area contributed by atoms with Gasteiger partial charge < -0.3 is 9.55 Å². The van der Waals surface area contributed by atoms with Crippen molar-refractivity contribution >= 4 is 23.3 Å². The second kappa shape index (κ2) is 5.86. The number of H-pyrrole nitrogens is 1. The first-order chi connectivity index (χ1) is 10.1. The molecule has 0 saturated carbocycles. The average molecular weight is 296 g/mol. The van der Waals surface area contributed by atoms with Crippen molar-refractivity contribution in [3.8, 4) is 0 Å². The van der Waals surface area contributed by atoms with E-state index in [0.717, 1.165) is 23.3 Å². The zero-order valence-electron chi connectivity index (χ0n) is 12.5. The predicted molar refractivity (Wildman–Crippen MR) is 91.3 cm³/mol. The molecule has 0 amide bonds. The molecule has 1 atom stereocenters. The Hall–Kier alpha value is -1.87. The average Bonchev–Trinajstić information content (AvgIpc) is 2.80. The fourth-order valence-electron chi connectivity index (χ4n) is 2.77. The van der Waals surface area contributed by atoms with E-state index in [1.807, 2.05) is 0 Å². The van der Waals surface area contributed by atoms with Gasteiger partial charge >= 0.3 is 0 Å². The number of imidazole rings is 1. The van der Waals surface area contributed by atoms with E-state index >= 15 is 0 Å². The maximum atomic E-state index is 5.47. The van der Waals surface area contributed by atoms with E-state index in [2.05, 4.69) is 71.9 Å². The molecule has 0 bridgehead atoms. The molecule has 0 aliphatic heterocycles. The third-order valence-corrected chi connectivity index (χ3v) is 4.41. The highest BCUT2D eigenvalue weighted by molar-refractivity contribution is 7.71. The van der Waals surface area contributed by atoms with E-state index in [1.165, 1.54) is 16.6 Å². The maximum absolute atomic E-state index is 5.47. The summed E-state index contributed by atoms with van der Waals surface area (Å²) in [6.07, 6.45) is 1.08. The zero-order valence-corrected chi connectivity index (χ0v) is 13.3. The van der Waals surface area contributed by atoms with Crippen LogP contribution in [0.4, 0.5) is 0 Å². The van der Waals surface area contributed by atoms with Gasteiger partial charge in [0.25, 0.3) is 0 Å². The molecular formula is C18H20N2S. The van der Waals surface area contributed by atoms with Crippen LogP contribution < -0.4 is 0 Å². The van der Waals surface area contributed by atoms with Gasteiger partial charge in [-0.1, -0.05) is 43.3 Å². The number of nitrogens with one attached hydrogen (secondary N) is 1. The molecule has 1 N–H and O–H groups in total. The van der Waals surface area contributed by atoms with Crippen LogP contribution in [0, 0.1) is 11.7 Å². The summed E-state index contributed by atoms with van der Waals surface area (Å²) in [6.45, 7) is 5.32. The van der Waals surface area contributed by atoms with Gasteiger partial charge in [-0.15, -0.1) is 0 Å².